The minimum absolute atomic E-state index is 0.195. The van der Waals surface area contributed by atoms with E-state index in [-0.39, 0.29) is 6.10 Å². The SMILES string of the molecule is CC1CN(c2ncccc2C=O)CCO1. The number of carbonyl (C=O) groups excluding carboxylic acids is 1. The normalized spacial score (nSPS) is 21.4. The number of hydrogen-bond acceptors (Lipinski definition) is 4. The lowest BCUT2D eigenvalue weighted by Crippen LogP contribution is -2.42. The summed E-state index contributed by atoms with van der Waals surface area (Å²) < 4.78 is 5.45. The first kappa shape index (κ1) is 10.1. The van der Waals surface area contributed by atoms with Crippen molar-refractivity contribution >= 4 is 12.1 Å². The number of rotatable bonds is 2. The van der Waals surface area contributed by atoms with E-state index in [1.54, 1.807) is 18.3 Å². The third-order valence-electron chi connectivity index (χ3n) is 2.48. The van der Waals surface area contributed by atoms with Crippen LogP contribution in [0.1, 0.15) is 17.3 Å². The number of hydrogen-bond donors (Lipinski definition) is 0. The van der Waals surface area contributed by atoms with Crippen LogP contribution in [0.2, 0.25) is 0 Å². The lowest BCUT2D eigenvalue weighted by atomic mass is 10.2. The van der Waals surface area contributed by atoms with Gasteiger partial charge in [-0.05, 0) is 19.1 Å². The van der Waals surface area contributed by atoms with Gasteiger partial charge in [-0.15, -0.1) is 0 Å². The van der Waals surface area contributed by atoms with Gasteiger partial charge in [-0.2, -0.15) is 0 Å². The monoisotopic (exact) mass is 206 g/mol. The number of anilines is 1. The smallest absolute Gasteiger partial charge is 0.153 e. The van der Waals surface area contributed by atoms with Gasteiger partial charge in [-0.25, -0.2) is 4.98 Å². The molecule has 1 fully saturated rings. The predicted molar refractivity (Wildman–Crippen MR) is 57.3 cm³/mol. The fourth-order valence-corrected chi connectivity index (χ4v) is 1.78. The van der Waals surface area contributed by atoms with Gasteiger partial charge in [0.2, 0.25) is 0 Å². The molecule has 1 aliphatic rings. The first-order valence-electron chi connectivity index (χ1n) is 5.08. The van der Waals surface area contributed by atoms with Crippen LogP contribution in [0.3, 0.4) is 0 Å². The highest BCUT2D eigenvalue weighted by atomic mass is 16.5. The first-order valence-corrected chi connectivity index (χ1v) is 5.08. The molecule has 1 atom stereocenters. The van der Waals surface area contributed by atoms with Crippen molar-refractivity contribution in [2.75, 3.05) is 24.6 Å². The van der Waals surface area contributed by atoms with E-state index in [1.807, 2.05) is 6.92 Å². The van der Waals surface area contributed by atoms with Gasteiger partial charge in [0.15, 0.2) is 6.29 Å². The van der Waals surface area contributed by atoms with Crippen LogP contribution in [0, 0.1) is 0 Å². The number of carbonyl (C=O) groups is 1. The Labute approximate surface area is 88.9 Å². The van der Waals surface area contributed by atoms with Gasteiger partial charge < -0.3 is 9.64 Å². The number of nitrogens with zero attached hydrogens (tertiary/aromatic N) is 2. The highest BCUT2D eigenvalue weighted by molar-refractivity contribution is 5.82. The zero-order chi connectivity index (χ0) is 10.7. The van der Waals surface area contributed by atoms with Crippen LogP contribution in [-0.2, 0) is 4.74 Å². The van der Waals surface area contributed by atoms with Crippen molar-refractivity contribution in [2.45, 2.75) is 13.0 Å². The van der Waals surface area contributed by atoms with E-state index >= 15 is 0 Å². The van der Waals surface area contributed by atoms with E-state index in [1.165, 1.54) is 0 Å². The predicted octanol–water partition coefficient (Wildman–Crippen LogP) is 1.12. The quantitative estimate of drug-likeness (QED) is 0.680. The molecule has 0 bridgehead atoms. The maximum atomic E-state index is 10.9. The Kier molecular flexibility index (Phi) is 2.97. The number of morpholine rings is 1. The molecule has 1 aliphatic heterocycles. The Morgan fingerprint density at radius 1 is 1.67 bits per heavy atom. The van der Waals surface area contributed by atoms with Gasteiger partial charge in [0.1, 0.15) is 5.82 Å². The molecular formula is C11H14N2O2. The maximum Gasteiger partial charge on any atom is 0.153 e. The van der Waals surface area contributed by atoms with Crippen LogP contribution in [0.4, 0.5) is 5.82 Å². The Morgan fingerprint density at radius 2 is 2.53 bits per heavy atom. The van der Waals surface area contributed by atoms with Crippen molar-refractivity contribution in [3.63, 3.8) is 0 Å². The summed E-state index contributed by atoms with van der Waals surface area (Å²) in [5.41, 5.74) is 0.645. The third-order valence-corrected chi connectivity index (χ3v) is 2.48. The minimum Gasteiger partial charge on any atom is -0.375 e. The van der Waals surface area contributed by atoms with Crippen LogP contribution in [0.5, 0.6) is 0 Å². The summed E-state index contributed by atoms with van der Waals surface area (Å²) in [4.78, 5) is 17.2. The summed E-state index contributed by atoms with van der Waals surface area (Å²) >= 11 is 0. The van der Waals surface area contributed by atoms with Crippen molar-refractivity contribution in [3.8, 4) is 0 Å². The average molecular weight is 206 g/mol. The zero-order valence-corrected chi connectivity index (χ0v) is 8.72. The van der Waals surface area contributed by atoms with Gasteiger partial charge in [-0.3, -0.25) is 4.79 Å². The lowest BCUT2D eigenvalue weighted by Gasteiger charge is -2.32. The highest BCUT2D eigenvalue weighted by Crippen LogP contribution is 2.18. The maximum absolute atomic E-state index is 10.9. The molecule has 2 heterocycles. The van der Waals surface area contributed by atoms with Gasteiger partial charge in [-0.1, -0.05) is 0 Å². The molecular weight excluding hydrogens is 192 g/mol. The summed E-state index contributed by atoms with van der Waals surface area (Å²) in [6, 6.07) is 3.56. The van der Waals surface area contributed by atoms with Gasteiger partial charge in [0.05, 0.1) is 18.3 Å². The number of aldehydes is 1. The van der Waals surface area contributed by atoms with E-state index in [4.69, 9.17) is 4.74 Å². The number of pyridine rings is 1. The Balaban J connectivity index is 2.24. The second-order valence-electron chi connectivity index (χ2n) is 3.66. The van der Waals surface area contributed by atoms with Crippen LogP contribution in [-0.4, -0.2) is 37.1 Å². The van der Waals surface area contributed by atoms with Crippen molar-refractivity contribution in [3.05, 3.63) is 23.9 Å². The number of aromatic nitrogens is 1. The molecule has 1 aromatic rings. The second kappa shape index (κ2) is 4.40. The van der Waals surface area contributed by atoms with Crippen molar-refractivity contribution < 1.29 is 9.53 Å². The molecule has 0 spiro atoms. The molecule has 4 heteroatoms. The van der Waals surface area contributed by atoms with Crippen LogP contribution >= 0.6 is 0 Å². The van der Waals surface area contributed by atoms with Crippen LogP contribution < -0.4 is 4.90 Å². The molecule has 1 saturated heterocycles. The molecule has 0 amide bonds. The van der Waals surface area contributed by atoms with Gasteiger partial charge in [0.25, 0.3) is 0 Å². The van der Waals surface area contributed by atoms with Gasteiger partial charge >= 0.3 is 0 Å². The first-order chi connectivity index (χ1) is 7.31. The topological polar surface area (TPSA) is 42.4 Å². The average Bonchev–Trinajstić information content (AvgIpc) is 2.29. The molecule has 1 unspecified atom stereocenters. The Morgan fingerprint density at radius 3 is 3.27 bits per heavy atom. The minimum atomic E-state index is 0.195. The fraction of sp³-hybridized carbons (Fsp3) is 0.455. The molecule has 15 heavy (non-hydrogen) atoms. The third kappa shape index (κ3) is 2.15. The van der Waals surface area contributed by atoms with E-state index in [0.29, 0.717) is 12.2 Å². The molecule has 0 saturated carbocycles. The Bertz CT molecular complexity index is 354. The standard InChI is InChI=1S/C11H14N2O2/c1-9-7-13(5-6-15-9)11-10(8-14)3-2-4-12-11/h2-4,8-9H,5-7H2,1H3. The summed E-state index contributed by atoms with van der Waals surface area (Å²) in [6.07, 6.45) is 2.76. The summed E-state index contributed by atoms with van der Waals surface area (Å²) in [6.45, 7) is 4.30. The van der Waals surface area contributed by atoms with E-state index in [2.05, 4.69) is 9.88 Å². The lowest BCUT2D eigenvalue weighted by molar-refractivity contribution is 0.0528. The van der Waals surface area contributed by atoms with Crippen LogP contribution in [0.15, 0.2) is 18.3 Å². The van der Waals surface area contributed by atoms with Crippen molar-refractivity contribution in [2.24, 2.45) is 0 Å². The molecule has 80 valence electrons. The van der Waals surface area contributed by atoms with Crippen LogP contribution in [0.25, 0.3) is 0 Å². The summed E-state index contributed by atoms with van der Waals surface area (Å²) in [7, 11) is 0. The van der Waals surface area contributed by atoms with Crippen molar-refractivity contribution in [1.29, 1.82) is 0 Å². The molecule has 0 N–H and O–H groups in total. The van der Waals surface area contributed by atoms with E-state index in [9.17, 15) is 4.79 Å². The van der Waals surface area contributed by atoms with E-state index < -0.39 is 0 Å². The summed E-state index contributed by atoms with van der Waals surface area (Å²) in [5, 5.41) is 0. The molecule has 1 aromatic heterocycles. The zero-order valence-electron chi connectivity index (χ0n) is 8.72. The molecule has 0 radical (unpaired) electrons. The molecule has 2 rings (SSSR count). The van der Waals surface area contributed by atoms with E-state index in [0.717, 1.165) is 25.2 Å². The van der Waals surface area contributed by atoms with Gasteiger partial charge in [0, 0.05) is 19.3 Å². The Hall–Kier alpha value is -1.42. The molecule has 4 nitrogen and oxygen atoms in total. The van der Waals surface area contributed by atoms with Crippen molar-refractivity contribution in [1.82, 2.24) is 4.98 Å². The summed E-state index contributed by atoms with van der Waals surface area (Å²) in [5.74, 6) is 0.766. The fourth-order valence-electron chi connectivity index (χ4n) is 1.78. The molecule has 0 aromatic carbocycles. The second-order valence-corrected chi connectivity index (χ2v) is 3.66. The number of ether oxygens (including phenoxy) is 1. The largest absolute Gasteiger partial charge is 0.375 e. The highest BCUT2D eigenvalue weighted by Gasteiger charge is 2.19. The molecule has 0 aliphatic carbocycles.